The molecule has 4 nitrogen and oxygen atoms in total. The first-order valence-corrected chi connectivity index (χ1v) is 8.17. The predicted octanol–water partition coefficient (Wildman–Crippen LogP) is 4.24. The van der Waals surface area contributed by atoms with Gasteiger partial charge in [-0.3, -0.25) is 0 Å². The van der Waals surface area contributed by atoms with Gasteiger partial charge in [0.05, 0.1) is 6.10 Å². The minimum atomic E-state index is -4.48. The minimum absolute atomic E-state index is 0.0698. The second-order valence-electron chi connectivity index (χ2n) is 6.46. The summed E-state index contributed by atoms with van der Waals surface area (Å²) in [5.74, 6) is 0.250. The number of alkyl halides is 3. The summed E-state index contributed by atoms with van der Waals surface area (Å²) in [5, 5.41) is 3.17. The number of ether oxygens (including phenoxy) is 1. The maximum Gasteiger partial charge on any atom is 0.420 e. The molecule has 132 valence electrons. The van der Waals surface area contributed by atoms with E-state index in [9.17, 15) is 13.2 Å². The van der Waals surface area contributed by atoms with Crippen molar-refractivity contribution in [3.05, 3.63) is 29.2 Å². The molecule has 0 spiro atoms. The molecule has 7 heteroatoms. The normalized spacial score (nSPS) is 18.8. The Balaban J connectivity index is 1.84. The Bertz CT molecular complexity index is 704. The number of nitrogens with zero attached hydrogens (tertiary/aromatic N) is 1. The molecule has 0 saturated carbocycles. The summed E-state index contributed by atoms with van der Waals surface area (Å²) in [7, 11) is 0. The van der Waals surface area contributed by atoms with Gasteiger partial charge in [0.2, 0.25) is 0 Å². The average Bonchev–Trinajstić information content (AvgIpc) is 3.14. The second-order valence-corrected chi connectivity index (χ2v) is 6.46. The molecule has 0 bridgehead atoms. The molecular formula is C17H21F3N2O2. The maximum atomic E-state index is 13.3. The molecule has 1 aromatic heterocycles. The summed E-state index contributed by atoms with van der Waals surface area (Å²) < 4.78 is 50.9. The lowest BCUT2D eigenvalue weighted by atomic mass is 10.1. The van der Waals surface area contributed by atoms with Gasteiger partial charge >= 0.3 is 6.18 Å². The largest absolute Gasteiger partial charge is 0.440 e. The molecule has 2 heterocycles. The zero-order chi connectivity index (χ0) is 17.3. The molecule has 1 fully saturated rings. The molecule has 0 amide bonds. The summed E-state index contributed by atoms with van der Waals surface area (Å²) in [6.07, 6.45) is -2.30. The van der Waals surface area contributed by atoms with Gasteiger partial charge in [-0.15, -0.1) is 0 Å². The molecule has 0 radical (unpaired) electrons. The van der Waals surface area contributed by atoms with Crippen LogP contribution in [-0.2, 0) is 17.5 Å². The molecule has 1 unspecified atom stereocenters. The van der Waals surface area contributed by atoms with Gasteiger partial charge in [-0.1, -0.05) is 13.8 Å². The second kappa shape index (κ2) is 6.72. The van der Waals surface area contributed by atoms with Crippen molar-refractivity contribution in [2.45, 2.75) is 51.4 Å². The lowest BCUT2D eigenvalue weighted by molar-refractivity contribution is -0.136. The van der Waals surface area contributed by atoms with Crippen molar-refractivity contribution in [1.29, 1.82) is 0 Å². The van der Waals surface area contributed by atoms with Gasteiger partial charge in [0, 0.05) is 25.6 Å². The van der Waals surface area contributed by atoms with E-state index in [4.69, 9.17) is 9.15 Å². The van der Waals surface area contributed by atoms with Gasteiger partial charge in [0.25, 0.3) is 0 Å². The molecule has 2 aromatic rings. The van der Waals surface area contributed by atoms with Crippen LogP contribution in [0.5, 0.6) is 0 Å². The number of hydrogen-bond acceptors (Lipinski definition) is 4. The highest BCUT2D eigenvalue weighted by atomic mass is 19.4. The molecule has 1 aromatic carbocycles. The molecular weight excluding hydrogens is 321 g/mol. The quantitative estimate of drug-likeness (QED) is 0.883. The van der Waals surface area contributed by atoms with Crippen LogP contribution in [0.15, 0.2) is 16.5 Å². The van der Waals surface area contributed by atoms with E-state index in [1.807, 2.05) is 13.8 Å². The molecule has 1 aliphatic rings. The van der Waals surface area contributed by atoms with Crippen LogP contribution >= 0.6 is 0 Å². The van der Waals surface area contributed by atoms with E-state index < -0.39 is 11.7 Å². The summed E-state index contributed by atoms with van der Waals surface area (Å²) in [6, 6.07) is 2.79. The predicted molar refractivity (Wildman–Crippen MR) is 83.8 cm³/mol. The molecule has 1 atom stereocenters. The fourth-order valence-corrected chi connectivity index (χ4v) is 2.85. The highest BCUT2D eigenvalue weighted by Crippen LogP contribution is 2.37. The van der Waals surface area contributed by atoms with Crippen LogP contribution in [0, 0.1) is 0 Å². The van der Waals surface area contributed by atoms with Gasteiger partial charge in [0.15, 0.2) is 11.5 Å². The Hall–Kier alpha value is -1.60. The van der Waals surface area contributed by atoms with Crippen LogP contribution < -0.4 is 5.32 Å². The lowest BCUT2D eigenvalue weighted by Gasteiger charge is -2.12. The van der Waals surface area contributed by atoms with Gasteiger partial charge in [-0.2, -0.15) is 13.2 Å². The SMILES string of the molecule is CC(C)c1nc2cc(CNCC3CCCO3)cc(C(F)(F)F)c2o1. The maximum absolute atomic E-state index is 13.3. The Morgan fingerprint density at radius 3 is 2.75 bits per heavy atom. The first kappa shape index (κ1) is 17.2. The van der Waals surface area contributed by atoms with Crippen molar-refractivity contribution in [2.75, 3.05) is 13.2 Å². The Morgan fingerprint density at radius 2 is 2.12 bits per heavy atom. The van der Waals surface area contributed by atoms with Crippen LogP contribution in [0.3, 0.4) is 0 Å². The standard InChI is InChI=1S/C17H21F3N2O2/c1-10(2)16-22-14-7-11(8-21-9-12-4-3-5-23-12)6-13(15(14)24-16)17(18,19)20/h6-7,10,12,21H,3-5,8-9H2,1-2H3. The van der Waals surface area contributed by atoms with E-state index in [1.165, 1.54) is 0 Å². The summed E-state index contributed by atoms with van der Waals surface area (Å²) in [6.45, 7) is 5.40. The zero-order valence-corrected chi connectivity index (χ0v) is 13.7. The smallest absolute Gasteiger partial charge is 0.420 e. The molecule has 1 aliphatic heterocycles. The van der Waals surface area contributed by atoms with Gasteiger partial charge < -0.3 is 14.5 Å². The first-order chi connectivity index (χ1) is 11.3. The Labute approximate surface area is 138 Å². The van der Waals surface area contributed by atoms with Gasteiger partial charge in [0.1, 0.15) is 11.1 Å². The number of benzene rings is 1. The van der Waals surface area contributed by atoms with Crippen molar-refractivity contribution in [2.24, 2.45) is 0 Å². The Kier molecular flexibility index (Phi) is 4.83. The number of hydrogen-bond donors (Lipinski definition) is 1. The third-order valence-corrected chi connectivity index (χ3v) is 4.09. The number of rotatable bonds is 5. The monoisotopic (exact) mass is 342 g/mol. The minimum Gasteiger partial charge on any atom is -0.440 e. The summed E-state index contributed by atoms with van der Waals surface area (Å²) >= 11 is 0. The van der Waals surface area contributed by atoms with E-state index in [1.54, 1.807) is 6.07 Å². The topological polar surface area (TPSA) is 47.3 Å². The molecule has 24 heavy (non-hydrogen) atoms. The first-order valence-electron chi connectivity index (χ1n) is 8.17. The van der Waals surface area contributed by atoms with Gasteiger partial charge in [-0.05, 0) is 30.5 Å². The van der Waals surface area contributed by atoms with Crippen molar-refractivity contribution in [1.82, 2.24) is 10.3 Å². The van der Waals surface area contributed by atoms with Crippen LogP contribution in [0.4, 0.5) is 13.2 Å². The van der Waals surface area contributed by atoms with E-state index in [0.29, 0.717) is 24.5 Å². The number of halogens is 3. The molecule has 0 aliphatic carbocycles. The third-order valence-electron chi connectivity index (χ3n) is 4.09. The van der Waals surface area contributed by atoms with Crippen LogP contribution in [-0.4, -0.2) is 24.2 Å². The number of nitrogens with one attached hydrogen (secondary N) is 1. The number of fused-ring (bicyclic) bond motifs is 1. The van der Waals surface area contributed by atoms with Crippen LogP contribution in [0.2, 0.25) is 0 Å². The summed E-state index contributed by atoms with van der Waals surface area (Å²) in [5.41, 5.74) is -0.165. The van der Waals surface area contributed by atoms with Crippen molar-refractivity contribution >= 4 is 11.1 Å². The molecule has 1 N–H and O–H groups in total. The van der Waals surface area contributed by atoms with E-state index >= 15 is 0 Å². The van der Waals surface area contributed by atoms with E-state index in [-0.39, 0.29) is 23.1 Å². The van der Waals surface area contributed by atoms with Crippen molar-refractivity contribution < 1.29 is 22.3 Å². The lowest BCUT2D eigenvalue weighted by Crippen LogP contribution is -2.25. The van der Waals surface area contributed by atoms with E-state index in [2.05, 4.69) is 10.3 Å². The third kappa shape index (κ3) is 3.72. The average molecular weight is 342 g/mol. The van der Waals surface area contributed by atoms with Gasteiger partial charge in [-0.25, -0.2) is 4.98 Å². The number of oxazole rings is 1. The molecule has 3 rings (SSSR count). The van der Waals surface area contributed by atoms with Crippen molar-refractivity contribution in [3.63, 3.8) is 0 Å². The zero-order valence-electron chi connectivity index (χ0n) is 13.7. The molecule has 1 saturated heterocycles. The highest BCUT2D eigenvalue weighted by Gasteiger charge is 2.35. The fraction of sp³-hybridized carbons (Fsp3) is 0.588. The highest BCUT2D eigenvalue weighted by molar-refractivity contribution is 5.78. The van der Waals surface area contributed by atoms with Crippen LogP contribution in [0.25, 0.3) is 11.1 Å². The Morgan fingerprint density at radius 1 is 1.33 bits per heavy atom. The fourth-order valence-electron chi connectivity index (χ4n) is 2.85. The van der Waals surface area contributed by atoms with Crippen LogP contribution in [0.1, 0.15) is 49.6 Å². The summed E-state index contributed by atoms with van der Waals surface area (Å²) in [4.78, 5) is 4.21. The number of aromatic nitrogens is 1. The van der Waals surface area contributed by atoms with E-state index in [0.717, 1.165) is 25.5 Å². The van der Waals surface area contributed by atoms with Crippen molar-refractivity contribution in [3.8, 4) is 0 Å².